The summed E-state index contributed by atoms with van der Waals surface area (Å²) in [6.45, 7) is 5.07. The molecule has 2 N–H and O–H groups in total. The molecule has 0 spiro atoms. The second-order valence-electron chi connectivity index (χ2n) is 5.11. The Morgan fingerprint density at radius 1 is 1.43 bits per heavy atom. The van der Waals surface area contributed by atoms with Crippen molar-refractivity contribution in [3.8, 4) is 0 Å². The third kappa shape index (κ3) is 1.41. The van der Waals surface area contributed by atoms with Gasteiger partial charge in [0.1, 0.15) is 0 Å². The van der Waals surface area contributed by atoms with Crippen LogP contribution in [0, 0.1) is 5.92 Å². The summed E-state index contributed by atoms with van der Waals surface area (Å²) >= 11 is 0. The van der Waals surface area contributed by atoms with Gasteiger partial charge in [-0.15, -0.1) is 0 Å². The maximum absolute atomic E-state index is 6.54. The smallest absolute Gasteiger partial charge is 0.0811 e. The Morgan fingerprint density at radius 3 is 2.71 bits per heavy atom. The number of hydrogen-bond acceptors (Lipinski definition) is 2. The van der Waals surface area contributed by atoms with Crippen molar-refractivity contribution in [2.45, 2.75) is 50.7 Å². The highest BCUT2D eigenvalue weighted by Gasteiger charge is 2.51. The van der Waals surface area contributed by atoms with Gasteiger partial charge in [-0.2, -0.15) is 0 Å². The zero-order valence-corrected chi connectivity index (χ0v) is 9.25. The molecule has 14 heavy (non-hydrogen) atoms. The summed E-state index contributed by atoms with van der Waals surface area (Å²) in [5.41, 5.74) is 6.22. The average molecular weight is 195 g/mol. The van der Waals surface area contributed by atoms with Gasteiger partial charge < -0.3 is 10.5 Å². The molecule has 1 aliphatic carbocycles. The van der Waals surface area contributed by atoms with E-state index in [1.165, 1.54) is 19.3 Å². The minimum Gasteiger partial charge on any atom is -0.374 e. The van der Waals surface area contributed by atoms with E-state index in [-0.39, 0.29) is 11.1 Å². The minimum atomic E-state index is -0.167. The summed E-state index contributed by atoms with van der Waals surface area (Å²) in [7, 11) is 0. The van der Waals surface area contributed by atoms with Gasteiger partial charge in [-0.05, 0) is 45.4 Å². The highest BCUT2D eigenvalue weighted by atomic mass is 16.5. The van der Waals surface area contributed by atoms with E-state index in [9.17, 15) is 0 Å². The van der Waals surface area contributed by atoms with Gasteiger partial charge in [0.15, 0.2) is 0 Å². The molecule has 1 saturated heterocycles. The highest BCUT2D eigenvalue weighted by Crippen LogP contribution is 2.42. The molecule has 0 saturated carbocycles. The lowest BCUT2D eigenvalue weighted by Crippen LogP contribution is -2.58. The predicted molar refractivity (Wildman–Crippen MR) is 58.0 cm³/mol. The topological polar surface area (TPSA) is 35.2 Å². The number of allylic oxidation sites excluding steroid dienone is 1. The van der Waals surface area contributed by atoms with E-state index in [1.807, 2.05) is 0 Å². The zero-order chi connectivity index (χ0) is 10.2. The lowest BCUT2D eigenvalue weighted by atomic mass is 9.69. The standard InChI is InChI=1S/C12H21NO/c1-11(2)12(13,8-9-14-11)10-6-4-3-5-7-10/h4,6,10H,3,5,7-9,13H2,1-2H3. The fraction of sp³-hybridized carbons (Fsp3) is 0.833. The molecule has 2 atom stereocenters. The lowest BCUT2D eigenvalue weighted by Gasteiger charge is -2.42. The zero-order valence-electron chi connectivity index (χ0n) is 9.25. The molecule has 0 radical (unpaired) electrons. The number of nitrogens with two attached hydrogens (primary N) is 1. The minimum absolute atomic E-state index is 0.149. The van der Waals surface area contributed by atoms with Gasteiger partial charge in [0.2, 0.25) is 0 Å². The fourth-order valence-electron chi connectivity index (χ4n) is 2.78. The Kier molecular flexibility index (Phi) is 2.44. The first-order valence-corrected chi connectivity index (χ1v) is 5.66. The van der Waals surface area contributed by atoms with Crippen molar-refractivity contribution in [3.63, 3.8) is 0 Å². The van der Waals surface area contributed by atoms with Gasteiger partial charge in [-0.1, -0.05) is 12.2 Å². The molecule has 1 heterocycles. The van der Waals surface area contributed by atoms with Crippen molar-refractivity contribution in [2.24, 2.45) is 11.7 Å². The van der Waals surface area contributed by atoms with E-state index in [0.717, 1.165) is 13.0 Å². The highest BCUT2D eigenvalue weighted by molar-refractivity contribution is 5.14. The lowest BCUT2D eigenvalue weighted by molar-refractivity contribution is -0.0132. The van der Waals surface area contributed by atoms with Gasteiger partial charge in [-0.25, -0.2) is 0 Å². The maximum Gasteiger partial charge on any atom is 0.0811 e. The Bertz CT molecular complexity index is 247. The van der Waals surface area contributed by atoms with Crippen molar-refractivity contribution in [2.75, 3.05) is 6.61 Å². The van der Waals surface area contributed by atoms with E-state index in [0.29, 0.717) is 5.92 Å². The van der Waals surface area contributed by atoms with Crippen LogP contribution in [0.5, 0.6) is 0 Å². The molecule has 0 aromatic rings. The number of hydrogen-bond donors (Lipinski definition) is 1. The normalized spacial score (nSPS) is 41.5. The number of rotatable bonds is 1. The predicted octanol–water partition coefficient (Wildman–Crippen LogP) is 2.24. The van der Waals surface area contributed by atoms with Gasteiger partial charge in [-0.3, -0.25) is 0 Å². The van der Waals surface area contributed by atoms with Crippen LogP contribution in [0.2, 0.25) is 0 Å². The largest absolute Gasteiger partial charge is 0.374 e. The van der Waals surface area contributed by atoms with Gasteiger partial charge in [0.05, 0.1) is 11.1 Å². The summed E-state index contributed by atoms with van der Waals surface area (Å²) in [6.07, 6.45) is 9.29. The van der Waals surface area contributed by atoms with Crippen LogP contribution in [0.25, 0.3) is 0 Å². The maximum atomic E-state index is 6.54. The third-order valence-electron chi connectivity index (χ3n) is 4.02. The molecule has 2 unspecified atom stereocenters. The molecule has 0 aromatic heterocycles. The van der Waals surface area contributed by atoms with E-state index in [2.05, 4.69) is 26.0 Å². The van der Waals surface area contributed by atoms with Crippen LogP contribution < -0.4 is 5.73 Å². The summed E-state index contributed by atoms with van der Waals surface area (Å²) in [5.74, 6) is 0.508. The second kappa shape index (κ2) is 3.35. The van der Waals surface area contributed by atoms with E-state index in [1.54, 1.807) is 0 Å². The van der Waals surface area contributed by atoms with Crippen LogP contribution in [0.3, 0.4) is 0 Å². The molecule has 2 rings (SSSR count). The van der Waals surface area contributed by atoms with Crippen molar-refractivity contribution in [3.05, 3.63) is 12.2 Å². The van der Waals surface area contributed by atoms with Crippen LogP contribution in [-0.2, 0) is 4.74 Å². The molecule has 2 aliphatic rings. The molecule has 2 nitrogen and oxygen atoms in total. The van der Waals surface area contributed by atoms with Crippen LogP contribution in [0.15, 0.2) is 12.2 Å². The Balaban J connectivity index is 2.22. The van der Waals surface area contributed by atoms with E-state index in [4.69, 9.17) is 10.5 Å². The summed E-state index contributed by atoms with van der Waals surface area (Å²) in [6, 6.07) is 0. The van der Waals surface area contributed by atoms with E-state index < -0.39 is 0 Å². The van der Waals surface area contributed by atoms with Crippen molar-refractivity contribution in [1.82, 2.24) is 0 Å². The van der Waals surface area contributed by atoms with Crippen molar-refractivity contribution < 1.29 is 4.74 Å². The van der Waals surface area contributed by atoms with Gasteiger partial charge >= 0.3 is 0 Å². The van der Waals surface area contributed by atoms with E-state index >= 15 is 0 Å². The quantitative estimate of drug-likeness (QED) is 0.651. The molecule has 1 aliphatic heterocycles. The molecule has 80 valence electrons. The molecule has 0 amide bonds. The Hall–Kier alpha value is -0.340. The second-order valence-corrected chi connectivity index (χ2v) is 5.11. The van der Waals surface area contributed by atoms with Gasteiger partial charge in [0.25, 0.3) is 0 Å². The Morgan fingerprint density at radius 2 is 2.21 bits per heavy atom. The molecule has 0 aromatic carbocycles. The van der Waals surface area contributed by atoms with Crippen LogP contribution in [-0.4, -0.2) is 17.7 Å². The summed E-state index contributed by atoms with van der Waals surface area (Å²) < 4.78 is 5.75. The number of ether oxygens (including phenoxy) is 1. The van der Waals surface area contributed by atoms with Gasteiger partial charge in [0, 0.05) is 6.61 Å². The molecular formula is C12H21NO. The summed E-state index contributed by atoms with van der Waals surface area (Å²) in [5, 5.41) is 0. The van der Waals surface area contributed by atoms with Crippen LogP contribution >= 0.6 is 0 Å². The molecule has 1 fully saturated rings. The monoisotopic (exact) mass is 195 g/mol. The molecule has 0 bridgehead atoms. The first kappa shape index (κ1) is 10.2. The van der Waals surface area contributed by atoms with Crippen molar-refractivity contribution in [1.29, 1.82) is 0 Å². The van der Waals surface area contributed by atoms with Crippen molar-refractivity contribution >= 4 is 0 Å². The first-order valence-electron chi connectivity index (χ1n) is 5.66. The summed E-state index contributed by atoms with van der Waals surface area (Å²) in [4.78, 5) is 0. The third-order valence-corrected chi connectivity index (χ3v) is 4.02. The van der Waals surface area contributed by atoms with Crippen LogP contribution in [0.4, 0.5) is 0 Å². The van der Waals surface area contributed by atoms with Crippen LogP contribution in [0.1, 0.15) is 39.5 Å². The SMILES string of the molecule is CC1(C)OCCC1(N)C1C=CCCC1. The Labute approximate surface area is 86.5 Å². The first-order chi connectivity index (χ1) is 6.56. The molecule has 2 heteroatoms. The molecular weight excluding hydrogens is 174 g/mol. The fourth-order valence-corrected chi connectivity index (χ4v) is 2.78. The average Bonchev–Trinajstić information content (AvgIpc) is 2.44.